The van der Waals surface area contributed by atoms with Crippen molar-refractivity contribution >= 4 is 58.3 Å². The number of benzene rings is 3. The first kappa shape index (κ1) is 25.1. The van der Waals surface area contributed by atoms with Crippen LogP contribution in [-0.2, 0) is 0 Å². The molecule has 0 aromatic heterocycles. The SMILES string of the molecule is C#CC(C)N(C(=O)Oc1c(C)cc(Cl)cc1Sc1cc(Cl)cc(C)c1O)c1cccc(Cl)c1. The summed E-state index contributed by atoms with van der Waals surface area (Å²) in [6, 6.07) is 12.8. The molecule has 1 N–H and O–H groups in total. The van der Waals surface area contributed by atoms with Gasteiger partial charge < -0.3 is 9.84 Å². The van der Waals surface area contributed by atoms with Gasteiger partial charge in [-0.3, -0.25) is 4.90 Å². The number of phenolic OH excluding ortho intramolecular Hbond substituents is 1. The van der Waals surface area contributed by atoms with Crippen molar-refractivity contribution in [2.24, 2.45) is 0 Å². The average Bonchev–Trinajstić information content (AvgIpc) is 2.74. The van der Waals surface area contributed by atoms with Crippen LogP contribution in [0, 0.1) is 26.2 Å². The number of terminal acetylenes is 1. The van der Waals surface area contributed by atoms with E-state index in [-0.39, 0.29) is 5.75 Å². The number of aryl methyl sites for hydroxylation is 2. The van der Waals surface area contributed by atoms with Crippen LogP contribution in [0.5, 0.6) is 11.5 Å². The number of hydrogen-bond donors (Lipinski definition) is 1. The third-order valence-electron chi connectivity index (χ3n) is 4.76. The molecule has 0 saturated heterocycles. The predicted octanol–water partition coefficient (Wildman–Crippen LogP) is 8.15. The Morgan fingerprint density at radius 3 is 2.30 bits per heavy atom. The molecule has 0 fully saturated rings. The van der Waals surface area contributed by atoms with Gasteiger partial charge in [-0.1, -0.05) is 58.6 Å². The van der Waals surface area contributed by atoms with Gasteiger partial charge in [0.25, 0.3) is 0 Å². The van der Waals surface area contributed by atoms with Gasteiger partial charge in [-0.2, -0.15) is 0 Å². The minimum absolute atomic E-state index is 0.0841. The smallest absolute Gasteiger partial charge is 0.420 e. The number of halogens is 3. The van der Waals surface area contributed by atoms with Gasteiger partial charge in [0, 0.05) is 20.8 Å². The Kier molecular flexibility index (Phi) is 8.10. The van der Waals surface area contributed by atoms with Crippen LogP contribution in [0.3, 0.4) is 0 Å². The van der Waals surface area contributed by atoms with Gasteiger partial charge in [0.1, 0.15) is 11.5 Å². The second-order valence-corrected chi connectivity index (χ2v) is 9.68. The zero-order chi connectivity index (χ0) is 24.3. The molecule has 0 saturated carbocycles. The summed E-state index contributed by atoms with van der Waals surface area (Å²) >= 11 is 19.8. The minimum atomic E-state index is -0.679. The van der Waals surface area contributed by atoms with Crippen molar-refractivity contribution in [3.8, 4) is 23.8 Å². The number of ether oxygens (including phenoxy) is 1. The lowest BCUT2D eigenvalue weighted by atomic mass is 10.2. The van der Waals surface area contributed by atoms with E-state index < -0.39 is 12.1 Å². The van der Waals surface area contributed by atoms with E-state index >= 15 is 0 Å². The van der Waals surface area contributed by atoms with E-state index in [4.69, 9.17) is 46.0 Å². The molecule has 4 nitrogen and oxygen atoms in total. The molecular formula is C25H20Cl3NO3S. The summed E-state index contributed by atoms with van der Waals surface area (Å²) in [5.74, 6) is 2.93. The topological polar surface area (TPSA) is 49.8 Å². The molecular weight excluding hydrogens is 501 g/mol. The molecule has 0 aliphatic heterocycles. The highest BCUT2D eigenvalue weighted by Gasteiger charge is 2.25. The lowest BCUT2D eigenvalue weighted by molar-refractivity contribution is 0.205. The Bertz CT molecular complexity index is 1260. The van der Waals surface area contributed by atoms with Crippen LogP contribution in [0.4, 0.5) is 10.5 Å². The van der Waals surface area contributed by atoms with Crippen molar-refractivity contribution in [1.29, 1.82) is 0 Å². The molecule has 1 unspecified atom stereocenters. The first-order valence-corrected chi connectivity index (χ1v) is 11.8. The number of carbonyl (C=O) groups excluding carboxylic acids is 1. The van der Waals surface area contributed by atoms with Crippen molar-refractivity contribution in [1.82, 2.24) is 0 Å². The monoisotopic (exact) mass is 519 g/mol. The maximum absolute atomic E-state index is 13.3. The van der Waals surface area contributed by atoms with E-state index in [0.717, 1.165) is 0 Å². The third-order valence-corrected chi connectivity index (χ3v) is 6.48. The average molecular weight is 521 g/mol. The lowest BCUT2D eigenvalue weighted by Gasteiger charge is -2.26. The zero-order valence-electron chi connectivity index (χ0n) is 18.0. The summed E-state index contributed by atoms with van der Waals surface area (Å²) in [6.07, 6.45) is 4.93. The quantitative estimate of drug-likeness (QED) is 0.345. The van der Waals surface area contributed by atoms with Crippen molar-refractivity contribution in [3.63, 3.8) is 0 Å². The molecule has 1 atom stereocenters. The van der Waals surface area contributed by atoms with Crippen LogP contribution in [0.15, 0.2) is 58.3 Å². The number of aromatic hydroxyl groups is 1. The van der Waals surface area contributed by atoms with E-state index in [1.165, 1.54) is 16.7 Å². The lowest BCUT2D eigenvalue weighted by Crippen LogP contribution is -2.40. The Morgan fingerprint density at radius 2 is 1.67 bits per heavy atom. The maximum atomic E-state index is 13.3. The van der Waals surface area contributed by atoms with E-state index in [1.807, 2.05) is 0 Å². The normalized spacial score (nSPS) is 11.5. The Hall–Kier alpha value is -2.49. The summed E-state index contributed by atoms with van der Waals surface area (Å²) in [6.45, 7) is 5.23. The van der Waals surface area contributed by atoms with Crippen LogP contribution in [-0.4, -0.2) is 17.2 Å². The van der Waals surface area contributed by atoms with Crippen molar-refractivity contribution in [2.75, 3.05) is 4.90 Å². The Balaban J connectivity index is 2.02. The van der Waals surface area contributed by atoms with E-state index in [2.05, 4.69) is 5.92 Å². The van der Waals surface area contributed by atoms with Crippen molar-refractivity contribution in [3.05, 3.63) is 74.7 Å². The van der Waals surface area contributed by atoms with Crippen LogP contribution in [0.25, 0.3) is 0 Å². The van der Waals surface area contributed by atoms with Gasteiger partial charge in [-0.15, -0.1) is 6.42 Å². The fourth-order valence-electron chi connectivity index (χ4n) is 3.13. The van der Waals surface area contributed by atoms with Gasteiger partial charge in [0.15, 0.2) is 0 Å². The van der Waals surface area contributed by atoms with Gasteiger partial charge in [-0.25, -0.2) is 4.79 Å². The van der Waals surface area contributed by atoms with Crippen LogP contribution in [0.1, 0.15) is 18.1 Å². The Morgan fingerprint density at radius 1 is 1.03 bits per heavy atom. The van der Waals surface area contributed by atoms with Gasteiger partial charge in [-0.05, 0) is 74.4 Å². The van der Waals surface area contributed by atoms with Gasteiger partial charge in [0.2, 0.25) is 0 Å². The second kappa shape index (κ2) is 10.6. The molecule has 1 amide bonds. The summed E-state index contributed by atoms with van der Waals surface area (Å²) < 4.78 is 5.84. The first-order valence-electron chi connectivity index (χ1n) is 9.80. The maximum Gasteiger partial charge on any atom is 0.420 e. The third kappa shape index (κ3) is 5.90. The summed E-state index contributed by atoms with van der Waals surface area (Å²) in [5.41, 5.74) is 1.76. The number of amides is 1. The number of rotatable bonds is 5. The summed E-state index contributed by atoms with van der Waals surface area (Å²) in [4.78, 5) is 15.7. The minimum Gasteiger partial charge on any atom is -0.506 e. The van der Waals surface area contributed by atoms with Crippen LogP contribution in [0.2, 0.25) is 15.1 Å². The fraction of sp³-hybridized carbons (Fsp3) is 0.160. The fourth-order valence-corrected chi connectivity index (χ4v) is 5.15. The largest absolute Gasteiger partial charge is 0.506 e. The van der Waals surface area contributed by atoms with E-state index in [9.17, 15) is 9.90 Å². The standard InChI is InChI=1S/C25H20Cl3NO3S/c1-5-16(4)29(20-8-6-7-17(26)11-20)25(31)32-24-15(3)10-19(28)13-22(24)33-21-12-18(27)9-14(2)23(21)30/h1,6-13,16,30H,2-4H3. The molecule has 8 heteroatoms. The highest BCUT2D eigenvalue weighted by molar-refractivity contribution is 7.99. The molecule has 0 bridgehead atoms. The highest BCUT2D eigenvalue weighted by atomic mass is 35.5. The number of anilines is 1. The zero-order valence-corrected chi connectivity index (χ0v) is 21.1. The second-order valence-electron chi connectivity index (χ2n) is 7.28. The van der Waals surface area contributed by atoms with Crippen molar-refractivity contribution in [2.45, 2.75) is 36.6 Å². The molecule has 0 aliphatic rings. The molecule has 3 aromatic rings. The van der Waals surface area contributed by atoms with Gasteiger partial charge in [0.05, 0.1) is 15.8 Å². The number of carbonyl (C=O) groups is 1. The summed E-state index contributed by atoms with van der Waals surface area (Å²) in [7, 11) is 0. The van der Waals surface area contributed by atoms with Crippen LogP contribution >= 0.6 is 46.6 Å². The molecule has 170 valence electrons. The molecule has 3 aromatic carbocycles. The predicted molar refractivity (Wildman–Crippen MR) is 136 cm³/mol. The van der Waals surface area contributed by atoms with E-state index in [0.29, 0.717) is 47.4 Å². The molecule has 33 heavy (non-hydrogen) atoms. The van der Waals surface area contributed by atoms with Crippen molar-refractivity contribution < 1.29 is 14.6 Å². The first-order chi connectivity index (χ1) is 15.6. The van der Waals surface area contributed by atoms with Crippen LogP contribution < -0.4 is 9.64 Å². The molecule has 0 heterocycles. The molecule has 0 aliphatic carbocycles. The molecule has 0 spiro atoms. The number of hydrogen-bond acceptors (Lipinski definition) is 4. The molecule has 3 rings (SSSR count). The number of nitrogens with zero attached hydrogens (tertiary/aromatic N) is 1. The molecule has 0 radical (unpaired) electrons. The summed E-state index contributed by atoms with van der Waals surface area (Å²) in [5, 5.41) is 11.9. The van der Waals surface area contributed by atoms with E-state index in [1.54, 1.807) is 69.3 Å². The van der Waals surface area contributed by atoms with Gasteiger partial charge >= 0.3 is 6.09 Å². The Labute approximate surface area is 212 Å². The number of phenols is 1. The highest BCUT2D eigenvalue weighted by Crippen LogP contribution is 2.44.